The van der Waals surface area contributed by atoms with Crippen LogP contribution in [0.15, 0.2) is 67.0 Å². The highest BCUT2D eigenvalue weighted by molar-refractivity contribution is 5.62. The van der Waals surface area contributed by atoms with E-state index in [1.807, 2.05) is 12.4 Å². The molecule has 26 heavy (non-hydrogen) atoms. The minimum absolute atomic E-state index is 0.580. The lowest BCUT2D eigenvalue weighted by atomic mass is 9.76. The van der Waals surface area contributed by atoms with Gasteiger partial charge in [-0.3, -0.25) is 5.10 Å². The number of hydrogen-bond donors (Lipinski definition) is 1. The number of nitrogens with zero attached hydrogens (tertiary/aromatic N) is 1. The van der Waals surface area contributed by atoms with E-state index in [2.05, 4.69) is 77.8 Å². The summed E-state index contributed by atoms with van der Waals surface area (Å²) in [6, 6.07) is 17.9. The zero-order valence-electron chi connectivity index (χ0n) is 15.4. The molecule has 0 aliphatic heterocycles. The van der Waals surface area contributed by atoms with Crippen LogP contribution in [0.3, 0.4) is 0 Å². The molecule has 2 unspecified atom stereocenters. The summed E-state index contributed by atoms with van der Waals surface area (Å²) in [6.45, 7) is 2.28. The summed E-state index contributed by atoms with van der Waals surface area (Å²) in [6.07, 6.45) is 13.5. The number of aromatic nitrogens is 2. The van der Waals surface area contributed by atoms with E-state index >= 15 is 0 Å². The SMILES string of the molecule is CCCCC(c1ccc(-c2cn[nH]c2)cc1)C1C=Cc2ccccc2C1. The highest BCUT2D eigenvalue weighted by Gasteiger charge is 2.24. The van der Waals surface area contributed by atoms with Crippen LogP contribution in [0.2, 0.25) is 0 Å². The Morgan fingerprint density at radius 2 is 1.92 bits per heavy atom. The summed E-state index contributed by atoms with van der Waals surface area (Å²) >= 11 is 0. The van der Waals surface area contributed by atoms with Gasteiger partial charge in [0, 0.05) is 11.8 Å². The Bertz CT molecular complexity index is 859. The Kier molecular flexibility index (Phi) is 5.01. The molecule has 1 heterocycles. The van der Waals surface area contributed by atoms with Crippen molar-refractivity contribution in [2.45, 2.75) is 38.5 Å². The first-order valence-corrected chi connectivity index (χ1v) is 9.70. The van der Waals surface area contributed by atoms with Crippen LogP contribution in [-0.2, 0) is 6.42 Å². The molecule has 1 aliphatic carbocycles. The van der Waals surface area contributed by atoms with Crippen LogP contribution in [0.1, 0.15) is 48.8 Å². The molecule has 4 rings (SSSR count). The number of unbranched alkanes of at least 4 members (excludes halogenated alkanes) is 1. The van der Waals surface area contributed by atoms with Gasteiger partial charge in [-0.05, 0) is 46.9 Å². The zero-order chi connectivity index (χ0) is 17.8. The molecule has 0 radical (unpaired) electrons. The van der Waals surface area contributed by atoms with Gasteiger partial charge >= 0.3 is 0 Å². The van der Waals surface area contributed by atoms with Crippen LogP contribution in [-0.4, -0.2) is 10.2 Å². The molecule has 0 amide bonds. The summed E-state index contributed by atoms with van der Waals surface area (Å²) in [5.74, 6) is 1.16. The molecule has 2 aromatic carbocycles. The second-order valence-electron chi connectivity index (χ2n) is 7.28. The summed E-state index contributed by atoms with van der Waals surface area (Å²) in [5, 5.41) is 6.95. The fraction of sp³-hybridized carbons (Fsp3) is 0.292. The van der Waals surface area contributed by atoms with Gasteiger partial charge in [0.25, 0.3) is 0 Å². The quantitative estimate of drug-likeness (QED) is 0.564. The van der Waals surface area contributed by atoms with Crippen molar-refractivity contribution in [2.75, 3.05) is 0 Å². The molecule has 2 atom stereocenters. The summed E-state index contributed by atoms with van der Waals surface area (Å²) in [5.41, 5.74) is 6.69. The highest BCUT2D eigenvalue weighted by atomic mass is 15.1. The molecule has 0 saturated carbocycles. The van der Waals surface area contributed by atoms with Gasteiger partial charge in [-0.15, -0.1) is 0 Å². The lowest BCUT2D eigenvalue weighted by molar-refractivity contribution is 0.456. The van der Waals surface area contributed by atoms with E-state index in [0.29, 0.717) is 11.8 Å². The molecule has 2 heteroatoms. The van der Waals surface area contributed by atoms with E-state index in [-0.39, 0.29) is 0 Å². The third kappa shape index (κ3) is 3.50. The maximum atomic E-state index is 4.06. The van der Waals surface area contributed by atoms with E-state index in [0.717, 1.165) is 12.0 Å². The Morgan fingerprint density at radius 3 is 2.69 bits per heavy atom. The summed E-state index contributed by atoms with van der Waals surface area (Å²) in [7, 11) is 0. The normalized spacial score (nSPS) is 17.0. The average molecular weight is 342 g/mol. The molecule has 3 aromatic rings. The van der Waals surface area contributed by atoms with Crippen molar-refractivity contribution in [3.05, 3.63) is 83.7 Å². The van der Waals surface area contributed by atoms with Crippen LogP contribution in [0, 0.1) is 5.92 Å². The molecule has 1 aliphatic rings. The maximum absolute atomic E-state index is 4.06. The minimum Gasteiger partial charge on any atom is -0.285 e. The third-order valence-electron chi connectivity index (χ3n) is 5.59. The van der Waals surface area contributed by atoms with Gasteiger partial charge in [-0.2, -0.15) is 5.10 Å². The van der Waals surface area contributed by atoms with Crippen molar-refractivity contribution in [3.8, 4) is 11.1 Å². The number of nitrogens with one attached hydrogen (secondary N) is 1. The number of H-pyrrole nitrogens is 1. The Hall–Kier alpha value is -2.61. The molecule has 2 nitrogen and oxygen atoms in total. The molecule has 0 fully saturated rings. The van der Waals surface area contributed by atoms with Crippen molar-refractivity contribution in [2.24, 2.45) is 5.92 Å². The van der Waals surface area contributed by atoms with Crippen molar-refractivity contribution in [1.82, 2.24) is 10.2 Å². The molecule has 0 spiro atoms. The first-order chi connectivity index (χ1) is 12.8. The predicted octanol–water partition coefficient (Wildman–Crippen LogP) is 6.24. The molecular weight excluding hydrogens is 316 g/mol. The fourth-order valence-electron chi connectivity index (χ4n) is 4.09. The second kappa shape index (κ2) is 7.74. The van der Waals surface area contributed by atoms with Gasteiger partial charge < -0.3 is 0 Å². The number of rotatable bonds is 6. The van der Waals surface area contributed by atoms with Crippen molar-refractivity contribution in [1.29, 1.82) is 0 Å². The number of aromatic amines is 1. The molecule has 0 saturated heterocycles. The second-order valence-corrected chi connectivity index (χ2v) is 7.28. The van der Waals surface area contributed by atoms with Crippen LogP contribution in [0.5, 0.6) is 0 Å². The predicted molar refractivity (Wildman–Crippen MR) is 109 cm³/mol. The van der Waals surface area contributed by atoms with Crippen molar-refractivity contribution in [3.63, 3.8) is 0 Å². The molecular formula is C24H26N2. The van der Waals surface area contributed by atoms with Gasteiger partial charge in [-0.1, -0.05) is 80.4 Å². The van der Waals surface area contributed by atoms with Gasteiger partial charge in [-0.25, -0.2) is 0 Å². The fourth-order valence-corrected chi connectivity index (χ4v) is 4.09. The van der Waals surface area contributed by atoms with Gasteiger partial charge in [0.2, 0.25) is 0 Å². The minimum atomic E-state index is 0.580. The van der Waals surface area contributed by atoms with Crippen LogP contribution >= 0.6 is 0 Å². The van der Waals surface area contributed by atoms with Crippen LogP contribution < -0.4 is 0 Å². The average Bonchev–Trinajstić information content (AvgIpc) is 3.23. The third-order valence-corrected chi connectivity index (χ3v) is 5.59. The smallest absolute Gasteiger partial charge is 0.0565 e. The van der Waals surface area contributed by atoms with Gasteiger partial charge in [0.15, 0.2) is 0 Å². The Labute approximate surface area is 156 Å². The molecule has 1 aromatic heterocycles. The lowest BCUT2D eigenvalue weighted by Gasteiger charge is -2.28. The summed E-state index contributed by atoms with van der Waals surface area (Å²) < 4.78 is 0. The number of benzene rings is 2. The topological polar surface area (TPSA) is 28.7 Å². The zero-order valence-corrected chi connectivity index (χ0v) is 15.4. The monoisotopic (exact) mass is 342 g/mol. The number of hydrogen-bond acceptors (Lipinski definition) is 1. The maximum Gasteiger partial charge on any atom is 0.0565 e. The standard InChI is InChI=1S/C24H26N2/c1-2-3-8-24(22-14-11-18-6-4-5-7-21(18)15-22)20-12-9-19(10-13-20)23-16-25-26-17-23/h4-7,9-14,16-17,22,24H,2-3,8,15H2,1H3,(H,25,26). The first-order valence-electron chi connectivity index (χ1n) is 9.70. The Balaban J connectivity index is 1.59. The van der Waals surface area contributed by atoms with Crippen LogP contribution in [0.4, 0.5) is 0 Å². The van der Waals surface area contributed by atoms with E-state index < -0.39 is 0 Å². The largest absolute Gasteiger partial charge is 0.285 e. The van der Waals surface area contributed by atoms with E-state index in [1.54, 1.807) is 0 Å². The van der Waals surface area contributed by atoms with Crippen LogP contribution in [0.25, 0.3) is 17.2 Å². The highest BCUT2D eigenvalue weighted by Crippen LogP contribution is 2.37. The van der Waals surface area contributed by atoms with Gasteiger partial charge in [0.05, 0.1) is 6.20 Å². The van der Waals surface area contributed by atoms with Crippen molar-refractivity contribution < 1.29 is 0 Å². The number of allylic oxidation sites excluding steroid dienone is 1. The lowest BCUT2D eigenvalue weighted by Crippen LogP contribution is -2.16. The molecule has 0 bridgehead atoms. The number of fused-ring (bicyclic) bond motifs is 1. The van der Waals surface area contributed by atoms with Gasteiger partial charge in [0.1, 0.15) is 0 Å². The van der Waals surface area contributed by atoms with E-state index in [9.17, 15) is 0 Å². The van der Waals surface area contributed by atoms with E-state index in [4.69, 9.17) is 0 Å². The van der Waals surface area contributed by atoms with Crippen molar-refractivity contribution >= 4 is 6.08 Å². The molecule has 132 valence electrons. The first kappa shape index (κ1) is 16.8. The Morgan fingerprint density at radius 1 is 1.08 bits per heavy atom. The molecule has 1 N–H and O–H groups in total. The van der Waals surface area contributed by atoms with E-state index in [1.165, 1.54) is 41.5 Å². The summed E-state index contributed by atoms with van der Waals surface area (Å²) in [4.78, 5) is 0.